The van der Waals surface area contributed by atoms with Gasteiger partial charge in [0.05, 0.1) is 0 Å². The Kier molecular flexibility index (Phi) is 5.99. The molecule has 1 fully saturated rings. The molecule has 5 nitrogen and oxygen atoms in total. The van der Waals surface area contributed by atoms with Crippen molar-refractivity contribution in [1.82, 2.24) is 4.90 Å². The molecule has 1 aliphatic rings. The van der Waals surface area contributed by atoms with Crippen molar-refractivity contribution in [2.75, 3.05) is 24.3 Å². The van der Waals surface area contributed by atoms with E-state index in [0.29, 0.717) is 12.6 Å². The summed E-state index contributed by atoms with van der Waals surface area (Å²) in [7, 11) is 4.00. The molecule has 0 atom stereocenters. The van der Waals surface area contributed by atoms with Gasteiger partial charge in [0.2, 0.25) is 11.8 Å². The number of hydrogen-bond donors (Lipinski definition) is 1. The van der Waals surface area contributed by atoms with Crippen LogP contribution in [0.3, 0.4) is 0 Å². The Balaban J connectivity index is 2.32. The molecule has 144 valence electrons. The minimum absolute atomic E-state index is 0.00151. The van der Waals surface area contributed by atoms with Gasteiger partial charge in [-0.15, -0.1) is 0 Å². The molecule has 0 saturated heterocycles. The van der Waals surface area contributed by atoms with Crippen molar-refractivity contribution in [3.8, 4) is 0 Å². The second-order valence-electron chi connectivity index (χ2n) is 8.80. The lowest BCUT2D eigenvalue weighted by atomic mass is 9.94. The average molecular weight is 360 g/mol. The molecule has 1 N–H and O–H groups in total. The lowest BCUT2D eigenvalue weighted by Crippen LogP contribution is -2.40. The third-order valence-corrected chi connectivity index (χ3v) is 4.58. The first kappa shape index (κ1) is 20.3. The Morgan fingerprint density at radius 2 is 1.81 bits per heavy atom. The smallest absolute Gasteiger partial charge is 0.228 e. The van der Waals surface area contributed by atoms with Crippen LogP contribution in [0.2, 0.25) is 0 Å². The fraction of sp³-hybridized carbons (Fsp3) is 0.619. The lowest BCUT2D eigenvalue weighted by Gasteiger charge is -2.31. The van der Waals surface area contributed by atoms with E-state index in [1.165, 1.54) is 0 Å². The zero-order chi connectivity index (χ0) is 19.6. The van der Waals surface area contributed by atoms with E-state index in [-0.39, 0.29) is 17.7 Å². The van der Waals surface area contributed by atoms with E-state index in [4.69, 9.17) is 0 Å². The highest BCUT2D eigenvalue weighted by molar-refractivity contribution is 5.92. The minimum atomic E-state index is -0.398. The van der Waals surface area contributed by atoms with Crippen LogP contribution in [0, 0.1) is 11.3 Å². The second kappa shape index (κ2) is 7.68. The van der Waals surface area contributed by atoms with Crippen molar-refractivity contribution in [2.45, 2.75) is 60.0 Å². The molecule has 1 aromatic carbocycles. The molecule has 1 aromatic rings. The molecule has 0 heterocycles. The van der Waals surface area contributed by atoms with Crippen molar-refractivity contribution < 1.29 is 9.59 Å². The predicted octanol–water partition coefficient (Wildman–Crippen LogP) is 3.88. The van der Waals surface area contributed by atoms with Gasteiger partial charge in [-0.05, 0) is 36.6 Å². The number of nitrogens with zero attached hydrogens (tertiary/aromatic N) is 2. The standard InChI is InChI=1S/C21H33N3O2/c1-14(2)19(25)22-16-8-11-18(23(6)7)15(12-16)13-24(17-9-10-17)20(26)21(3,4)5/h8,11-12,14,17H,9-10,13H2,1-7H3,(H,22,25). The van der Waals surface area contributed by atoms with Crippen molar-refractivity contribution in [3.63, 3.8) is 0 Å². The van der Waals surface area contributed by atoms with Crippen molar-refractivity contribution >= 4 is 23.2 Å². The number of anilines is 2. The Labute approximate surface area is 157 Å². The van der Waals surface area contributed by atoms with Crippen LogP contribution < -0.4 is 10.2 Å². The van der Waals surface area contributed by atoms with E-state index in [1.807, 2.05) is 71.8 Å². The van der Waals surface area contributed by atoms with Gasteiger partial charge in [-0.1, -0.05) is 34.6 Å². The van der Waals surface area contributed by atoms with Gasteiger partial charge in [0.1, 0.15) is 0 Å². The first-order valence-electron chi connectivity index (χ1n) is 9.43. The highest BCUT2D eigenvalue weighted by Crippen LogP contribution is 2.34. The van der Waals surface area contributed by atoms with E-state index in [9.17, 15) is 9.59 Å². The molecule has 0 spiro atoms. The fourth-order valence-corrected chi connectivity index (χ4v) is 2.88. The van der Waals surface area contributed by atoms with Gasteiger partial charge in [0, 0.05) is 49.4 Å². The van der Waals surface area contributed by atoms with E-state index in [2.05, 4.69) is 10.2 Å². The molecule has 0 radical (unpaired) electrons. The van der Waals surface area contributed by atoms with Gasteiger partial charge in [-0.3, -0.25) is 9.59 Å². The van der Waals surface area contributed by atoms with Crippen LogP contribution in [0.4, 0.5) is 11.4 Å². The fourth-order valence-electron chi connectivity index (χ4n) is 2.88. The average Bonchev–Trinajstić information content (AvgIpc) is 3.35. The Hall–Kier alpha value is -2.04. The maximum absolute atomic E-state index is 12.9. The third-order valence-electron chi connectivity index (χ3n) is 4.58. The maximum atomic E-state index is 12.9. The molecule has 0 aromatic heterocycles. The van der Waals surface area contributed by atoms with Crippen LogP contribution in [0.5, 0.6) is 0 Å². The molecule has 2 amide bonds. The zero-order valence-electron chi connectivity index (χ0n) is 17.2. The van der Waals surface area contributed by atoms with Gasteiger partial charge in [0.25, 0.3) is 0 Å². The van der Waals surface area contributed by atoms with Crippen molar-refractivity contribution in [1.29, 1.82) is 0 Å². The van der Waals surface area contributed by atoms with Crippen molar-refractivity contribution in [3.05, 3.63) is 23.8 Å². The van der Waals surface area contributed by atoms with Gasteiger partial charge >= 0.3 is 0 Å². The van der Waals surface area contributed by atoms with Crippen LogP contribution in [-0.2, 0) is 16.1 Å². The lowest BCUT2D eigenvalue weighted by molar-refractivity contribution is -0.140. The maximum Gasteiger partial charge on any atom is 0.228 e. The van der Waals surface area contributed by atoms with Gasteiger partial charge in [-0.25, -0.2) is 0 Å². The van der Waals surface area contributed by atoms with Crippen LogP contribution in [-0.4, -0.2) is 36.9 Å². The molecule has 5 heteroatoms. The molecule has 1 aliphatic carbocycles. The predicted molar refractivity (Wildman–Crippen MR) is 107 cm³/mol. The molecule has 0 bridgehead atoms. The van der Waals surface area contributed by atoms with Crippen LogP contribution >= 0.6 is 0 Å². The van der Waals surface area contributed by atoms with E-state index < -0.39 is 5.41 Å². The van der Waals surface area contributed by atoms with Crippen LogP contribution in [0.1, 0.15) is 53.0 Å². The Bertz CT molecular complexity index is 670. The van der Waals surface area contributed by atoms with E-state index >= 15 is 0 Å². The molecule has 0 aliphatic heterocycles. The molecule has 2 rings (SSSR count). The number of amides is 2. The SMILES string of the molecule is CC(C)C(=O)Nc1ccc(N(C)C)c(CN(C(=O)C(C)(C)C)C2CC2)c1. The summed E-state index contributed by atoms with van der Waals surface area (Å²) in [5, 5.41) is 2.96. The second-order valence-corrected chi connectivity index (χ2v) is 8.80. The van der Waals surface area contributed by atoms with Crippen molar-refractivity contribution in [2.24, 2.45) is 11.3 Å². The third kappa shape index (κ3) is 4.99. The summed E-state index contributed by atoms with van der Waals surface area (Å²) in [5.74, 6) is 0.108. The summed E-state index contributed by atoms with van der Waals surface area (Å²) >= 11 is 0. The quantitative estimate of drug-likeness (QED) is 0.838. The van der Waals surface area contributed by atoms with Gasteiger partial charge in [-0.2, -0.15) is 0 Å². The Morgan fingerprint density at radius 1 is 1.19 bits per heavy atom. The van der Waals surface area contributed by atoms with Crippen LogP contribution in [0.15, 0.2) is 18.2 Å². The number of nitrogens with one attached hydrogen (secondary N) is 1. The number of carbonyl (C=O) groups is 2. The summed E-state index contributed by atoms with van der Waals surface area (Å²) in [6, 6.07) is 6.27. The number of hydrogen-bond acceptors (Lipinski definition) is 3. The summed E-state index contributed by atoms with van der Waals surface area (Å²) < 4.78 is 0. The molecule has 0 unspecified atom stereocenters. The first-order chi connectivity index (χ1) is 12.0. The monoisotopic (exact) mass is 359 g/mol. The highest BCUT2D eigenvalue weighted by Gasteiger charge is 2.37. The topological polar surface area (TPSA) is 52.7 Å². The molecule has 26 heavy (non-hydrogen) atoms. The number of rotatable bonds is 6. The molecular weight excluding hydrogens is 326 g/mol. The largest absolute Gasteiger partial charge is 0.377 e. The first-order valence-corrected chi connectivity index (χ1v) is 9.43. The summed E-state index contributed by atoms with van der Waals surface area (Å²) in [6.45, 7) is 10.2. The summed E-state index contributed by atoms with van der Waals surface area (Å²) in [4.78, 5) is 29.0. The number of benzene rings is 1. The van der Waals surface area contributed by atoms with E-state index in [1.54, 1.807) is 0 Å². The van der Waals surface area contributed by atoms with E-state index in [0.717, 1.165) is 29.8 Å². The van der Waals surface area contributed by atoms with Crippen LogP contribution in [0.25, 0.3) is 0 Å². The Morgan fingerprint density at radius 3 is 2.27 bits per heavy atom. The number of carbonyl (C=O) groups excluding carboxylic acids is 2. The normalized spacial score (nSPS) is 14.3. The summed E-state index contributed by atoms with van der Waals surface area (Å²) in [5.41, 5.74) is 2.51. The molecular formula is C21H33N3O2. The summed E-state index contributed by atoms with van der Waals surface area (Å²) in [6.07, 6.45) is 2.14. The zero-order valence-corrected chi connectivity index (χ0v) is 17.2. The molecule has 1 saturated carbocycles. The van der Waals surface area contributed by atoms with Gasteiger partial charge in [0.15, 0.2) is 0 Å². The highest BCUT2D eigenvalue weighted by atomic mass is 16.2. The minimum Gasteiger partial charge on any atom is -0.377 e. The van der Waals surface area contributed by atoms with Gasteiger partial charge < -0.3 is 15.1 Å².